The zero-order valence-corrected chi connectivity index (χ0v) is 13.2. The molecule has 1 N–H and O–H groups in total. The molecule has 0 spiro atoms. The van der Waals surface area contributed by atoms with Gasteiger partial charge >= 0.3 is 0 Å². The number of likely N-dealkylation sites (tertiary alicyclic amines) is 1. The summed E-state index contributed by atoms with van der Waals surface area (Å²) in [4.78, 5) is 3.52. The average molecular weight is 292 g/mol. The topological polar surface area (TPSA) is 47.3 Å². The van der Waals surface area contributed by atoms with Crippen molar-refractivity contribution in [3.63, 3.8) is 0 Å². The highest BCUT2D eigenvalue weighted by atomic mass is 32.1. The maximum atomic E-state index is 10.3. The van der Waals surface area contributed by atoms with Crippen LogP contribution >= 0.6 is 11.3 Å². The molecule has 1 aliphatic rings. The van der Waals surface area contributed by atoms with Crippen molar-refractivity contribution >= 4 is 11.3 Å². The van der Waals surface area contributed by atoms with Gasteiger partial charge in [-0.05, 0) is 64.1 Å². The van der Waals surface area contributed by atoms with Crippen LogP contribution < -0.4 is 0 Å². The van der Waals surface area contributed by atoms with Gasteiger partial charge in [-0.2, -0.15) is 5.26 Å². The maximum absolute atomic E-state index is 10.3. The molecule has 110 valence electrons. The molecular formula is C16H24N2OS. The highest BCUT2D eigenvalue weighted by Crippen LogP contribution is 2.30. The molecule has 0 aliphatic carbocycles. The molecule has 2 atom stereocenters. The van der Waals surface area contributed by atoms with Gasteiger partial charge in [0.05, 0.1) is 17.6 Å². The van der Waals surface area contributed by atoms with Crippen molar-refractivity contribution in [1.29, 1.82) is 5.26 Å². The second-order valence-electron chi connectivity index (χ2n) is 6.34. The van der Waals surface area contributed by atoms with Gasteiger partial charge in [0.1, 0.15) is 0 Å². The van der Waals surface area contributed by atoms with Gasteiger partial charge in [0, 0.05) is 10.9 Å². The first-order valence-electron chi connectivity index (χ1n) is 7.38. The van der Waals surface area contributed by atoms with Crippen LogP contribution in [0.2, 0.25) is 0 Å². The molecule has 0 radical (unpaired) electrons. The Balaban J connectivity index is 1.86. The molecule has 1 aromatic heterocycles. The minimum Gasteiger partial charge on any atom is -0.388 e. The lowest BCUT2D eigenvalue weighted by Crippen LogP contribution is -2.33. The number of nitriles is 1. The highest BCUT2D eigenvalue weighted by Gasteiger charge is 2.29. The van der Waals surface area contributed by atoms with Crippen molar-refractivity contribution in [2.75, 3.05) is 13.1 Å². The fourth-order valence-corrected chi connectivity index (χ4v) is 3.51. The van der Waals surface area contributed by atoms with Gasteiger partial charge in [-0.1, -0.05) is 6.07 Å². The molecule has 0 bridgehead atoms. The van der Waals surface area contributed by atoms with Gasteiger partial charge in [-0.15, -0.1) is 11.3 Å². The van der Waals surface area contributed by atoms with Gasteiger partial charge in [0.25, 0.3) is 0 Å². The molecule has 0 amide bonds. The summed E-state index contributed by atoms with van der Waals surface area (Å²) < 4.78 is 0. The SMILES string of the molecule is CC(C)(C#N)CCN1CCCC1CC(O)c1cccs1. The zero-order chi connectivity index (χ0) is 14.6. The van der Waals surface area contributed by atoms with E-state index >= 15 is 0 Å². The lowest BCUT2D eigenvalue weighted by atomic mass is 9.91. The minimum atomic E-state index is -0.343. The molecule has 3 nitrogen and oxygen atoms in total. The van der Waals surface area contributed by atoms with Gasteiger partial charge in [-0.3, -0.25) is 0 Å². The van der Waals surface area contributed by atoms with E-state index in [4.69, 9.17) is 5.26 Å². The van der Waals surface area contributed by atoms with E-state index in [2.05, 4.69) is 11.0 Å². The van der Waals surface area contributed by atoms with E-state index in [1.54, 1.807) is 11.3 Å². The first-order valence-corrected chi connectivity index (χ1v) is 8.26. The predicted octanol–water partition coefficient (Wildman–Crippen LogP) is 3.58. The number of thiophene rings is 1. The Bertz CT molecular complexity index is 450. The van der Waals surface area contributed by atoms with E-state index in [1.807, 2.05) is 31.4 Å². The fourth-order valence-electron chi connectivity index (χ4n) is 2.79. The van der Waals surface area contributed by atoms with E-state index in [1.165, 1.54) is 6.42 Å². The molecule has 2 rings (SSSR count). The van der Waals surface area contributed by atoms with E-state index in [0.29, 0.717) is 6.04 Å². The normalized spacial score (nSPS) is 21.8. The fraction of sp³-hybridized carbons (Fsp3) is 0.688. The quantitative estimate of drug-likeness (QED) is 0.872. The summed E-state index contributed by atoms with van der Waals surface area (Å²) in [5.41, 5.74) is -0.250. The molecule has 0 saturated carbocycles. The number of rotatable bonds is 6. The van der Waals surface area contributed by atoms with Crippen LogP contribution in [-0.4, -0.2) is 29.1 Å². The second kappa shape index (κ2) is 6.71. The average Bonchev–Trinajstić information content (AvgIpc) is 3.08. The Morgan fingerprint density at radius 2 is 2.40 bits per heavy atom. The van der Waals surface area contributed by atoms with Crippen LogP contribution in [0.5, 0.6) is 0 Å². The molecule has 4 heteroatoms. The first-order chi connectivity index (χ1) is 9.52. The first kappa shape index (κ1) is 15.5. The molecule has 1 saturated heterocycles. The molecule has 1 aliphatic heterocycles. The number of aliphatic hydroxyl groups excluding tert-OH is 1. The summed E-state index contributed by atoms with van der Waals surface area (Å²) in [7, 11) is 0. The van der Waals surface area contributed by atoms with Crippen LogP contribution in [-0.2, 0) is 0 Å². The van der Waals surface area contributed by atoms with Crippen LogP contribution in [0.1, 0.15) is 50.5 Å². The van der Waals surface area contributed by atoms with Gasteiger partial charge in [0.15, 0.2) is 0 Å². The third-order valence-corrected chi connectivity index (χ3v) is 5.17. The molecule has 1 aromatic rings. The summed E-state index contributed by atoms with van der Waals surface area (Å²) in [6.07, 6.45) is 3.73. The third kappa shape index (κ3) is 4.05. The lowest BCUT2D eigenvalue weighted by molar-refractivity contribution is 0.119. The molecular weight excluding hydrogens is 268 g/mol. The predicted molar refractivity (Wildman–Crippen MR) is 82.5 cm³/mol. The minimum absolute atomic E-state index is 0.250. The van der Waals surface area contributed by atoms with E-state index < -0.39 is 0 Å². The van der Waals surface area contributed by atoms with Crippen molar-refractivity contribution in [1.82, 2.24) is 4.90 Å². The molecule has 1 fully saturated rings. The van der Waals surface area contributed by atoms with Crippen molar-refractivity contribution in [2.24, 2.45) is 5.41 Å². The van der Waals surface area contributed by atoms with Crippen molar-refractivity contribution in [3.05, 3.63) is 22.4 Å². The maximum Gasteiger partial charge on any atom is 0.0896 e. The Kier molecular flexibility index (Phi) is 5.20. The van der Waals surface area contributed by atoms with Crippen molar-refractivity contribution < 1.29 is 5.11 Å². The van der Waals surface area contributed by atoms with E-state index in [9.17, 15) is 5.11 Å². The summed E-state index contributed by atoms with van der Waals surface area (Å²) >= 11 is 1.63. The van der Waals surface area contributed by atoms with Crippen LogP contribution in [0.15, 0.2) is 17.5 Å². The number of hydrogen-bond donors (Lipinski definition) is 1. The van der Waals surface area contributed by atoms with Gasteiger partial charge in [-0.25, -0.2) is 0 Å². The van der Waals surface area contributed by atoms with E-state index in [-0.39, 0.29) is 11.5 Å². The van der Waals surface area contributed by atoms with Gasteiger partial charge < -0.3 is 10.0 Å². The Hall–Kier alpha value is -0.890. The lowest BCUT2D eigenvalue weighted by Gasteiger charge is -2.28. The largest absolute Gasteiger partial charge is 0.388 e. The summed E-state index contributed by atoms with van der Waals surface area (Å²) in [5, 5.41) is 21.4. The smallest absolute Gasteiger partial charge is 0.0896 e. The summed E-state index contributed by atoms with van der Waals surface area (Å²) in [6, 6.07) is 6.83. The van der Waals surface area contributed by atoms with Gasteiger partial charge in [0.2, 0.25) is 0 Å². The number of nitrogens with zero attached hydrogens (tertiary/aromatic N) is 2. The van der Waals surface area contributed by atoms with Crippen LogP contribution in [0.25, 0.3) is 0 Å². The Labute approximate surface area is 125 Å². The zero-order valence-electron chi connectivity index (χ0n) is 12.4. The summed E-state index contributed by atoms with van der Waals surface area (Å²) in [6.45, 7) is 6.06. The molecule has 20 heavy (non-hydrogen) atoms. The standard InChI is InChI=1S/C16H24N2OS/c1-16(2,12-17)7-9-18-8-3-5-13(18)11-14(19)15-6-4-10-20-15/h4,6,10,13-14,19H,3,5,7-9,11H2,1-2H3. The summed E-state index contributed by atoms with van der Waals surface area (Å²) in [5.74, 6) is 0. The van der Waals surface area contributed by atoms with Crippen LogP contribution in [0.3, 0.4) is 0 Å². The molecule has 0 aromatic carbocycles. The molecule has 2 unspecified atom stereocenters. The van der Waals surface area contributed by atoms with Crippen LogP contribution in [0.4, 0.5) is 0 Å². The van der Waals surface area contributed by atoms with E-state index in [0.717, 1.165) is 37.2 Å². The molecule has 2 heterocycles. The second-order valence-corrected chi connectivity index (χ2v) is 7.32. The van der Waals surface area contributed by atoms with Crippen molar-refractivity contribution in [3.8, 4) is 6.07 Å². The monoisotopic (exact) mass is 292 g/mol. The number of hydrogen-bond acceptors (Lipinski definition) is 4. The van der Waals surface area contributed by atoms with Crippen molar-refractivity contribution in [2.45, 2.75) is 51.7 Å². The Morgan fingerprint density at radius 1 is 1.60 bits per heavy atom. The third-order valence-electron chi connectivity index (χ3n) is 4.19. The van der Waals surface area contributed by atoms with Crippen LogP contribution in [0, 0.1) is 16.7 Å². The highest BCUT2D eigenvalue weighted by molar-refractivity contribution is 7.10. The number of aliphatic hydroxyl groups is 1. The Morgan fingerprint density at radius 3 is 3.05 bits per heavy atom.